The Morgan fingerprint density at radius 2 is 2.22 bits per heavy atom. The summed E-state index contributed by atoms with van der Waals surface area (Å²) in [4.78, 5) is 12.4. The fourth-order valence-electron chi connectivity index (χ4n) is 1.95. The van der Waals surface area contributed by atoms with E-state index in [0.29, 0.717) is 5.82 Å². The highest BCUT2D eigenvalue weighted by Gasteiger charge is 2.10. The highest BCUT2D eigenvalue weighted by atomic mass is 32.1. The first-order chi connectivity index (χ1) is 8.78. The minimum absolute atomic E-state index is 0.712. The quantitative estimate of drug-likeness (QED) is 0.619. The Balaban J connectivity index is 2.27. The van der Waals surface area contributed by atoms with Gasteiger partial charge < -0.3 is 5.43 Å². The number of fused-ring (bicyclic) bond motifs is 1. The van der Waals surface area contributed by atoms with Gasteiger partial charge in [0.15, 0.2) is 5.82 Å². The number of hydrogen-bond acceptors (Lipinski definition) is 6. The number of aromatic nitrogens is 2. The smallest absolute Gasteiger partial charge is 0.152 e. The SMILES string of the molecule is CCCN(CC)Cc1nc(NN)c2ccsc2n1. The fraction of sp³-hybridized carbons (Fsp3) is 0.500. The van der Waals surface area contributed by atoms with Crippen molar-refractivity contribution < 1.29 is 0 Å². The molecule has 0 aromatic carbocycles. The van der Waals surface area contributed by atoms with Crippen molar-refractivity contribution in [1.82, 2.24) is 14.9 Å². The maximum Gasteiger partial charge on any atom is 0.152 e. The lowest BCUT2D eigenvalue weighted by atomic mass is 10.3. The summed E-state index contributed by atoms with van der Waals surface area (Å²) in [6.45, 7) is 7.17. The summed E-state index contributed by atoms with van der Waals surface area (Å²) in [6.07, 6.45) is 1.14. The molecular weight excluding hydrogens is 246 g/mol. The predicted molar refractivity (Wildman–Crippen MR) is 76.5 cm³/mol. The van der Waals surface area contributed by atoms with Crippen LogP contribution < -0.4 is 11.3 Å². The minimum Gasteiger partial charge on any atom is -0.308 e. The monoisotopic (exact) mass is 265 g/mol. The maximum atomic E-state index is 5.52. The third-order valence-electron chi connectivity index (χ3n) is 2.86. The molecule has 0 fully saturated rings. The van der Waals surface area contributed by atoms with Crippen LogP contribution >= 0.6 is 11.3 Å². The number of nitrogens with two attached hydrogens (primary N) is 1. The second-order valence-electron chi connectivity index (χ2n) is 4.14. The number of hydrazine groups is 1. The second-order valence-corrected chi connectivity index (χ2v) is 5.04. The van der Waals surface area contributed by atoms with E-state index < -0.39 is 0 Å². The average Bonchev–Trinajstić information content (AvgIpc) is 2.85. The van der Waals surface area contributed by atoms with Gasteiger partial charge in [0.2, 0.25) is 0 Å². The first kappa shape index (κ1) is 13.2. The summed E-state index contributed by atoms with van der Waals surface area (Å²) in [5.41, 5.74) is 2.66. The average molecular weight is 265 g/mol. The molecule has 0 aliphatic heterocycles. The lowest BCUT2D eigenvalue weighted by Crippen LogP contribution is -2.25. The standard InChI is InChI=1S/C12H19N5S/c1-3-6-17(4-2)8-10-14-11(16-13)9-5-7-18-12(9)15-10/h5,7H,3-4,6,8,13H2,1-2H3,(H,14,15,16). The van der Waals surface area contributed by atoms with Gasteiger partial charge in [0.05, 0.1) is 11.9 Å². The Morgan fingerprint density at radius 1 is 1.39 bits per heavy atom. The molecule has 98 valence electrons. The van der Waals surface area contributed by atoms with Crippen LogP contribution in [0.25, 0.3) is 10.2 Å². The summed E-state index contributed by atoms with van der Waals surface area (Å²) in [6, 6.07) is 1.99. The molecule has 0 amide bonds. The number of rotatable bonds is 6. The van der Waals surface area contributed by atoms with Gasteiger partial charge in [0.1, 0.15) is 10.7 Å². The molecule has 18 heavy (non-hydrogen) atoms. The van der Waals surface area contributed by atoms with Crippen LogP contribution in [0.5, 0.6) is 0 Å². The van der Waals surface area contributed by atoms with Crippen LogP contribution in [0, 0.1) is 0 Å². The van der Waals surface area contributed by atoms with Crippen molar-refractivity contribution in [3.05, 3.63) is 17.3 Å². The van der Waals surface area contributed by atoms with Crippen molar-refractivity contribution in [2.24, 2.45) is 5.84 Å². The minimum atomic E-state index is 0.712. The molecule has 2 aromatic rings. The van der Waals surface area contributed by atoms with Crippen LogP contribution in [-0.4, -0.2) is 28.0 Å². The van der Waals surface area contributed by atoms with E-state index in [1.807, 2.05) is 11.4 Å². The van der Waals surface area contributed by atoms with Crippen molar-refractivity contribution in [3.63, 3.8) is 0 Å². The molecule has 0 radical (unpaired) electrons. The molecule has 0 bridgehead atoms. The molecule has 2 rings (SSSR count). The number of anilines is 1. The Bertz CT molecular complexity index is 510. The van der Waals surface area contributed by atoms with Crippen molar-refractivity contribution >= 4 is 27.4 Å². The van der Waals surface area contributed by atoms with Gasteiger partial charge in [-0.2, -0.15) is 0 Å². The predicted octanol–water partition coefficient (Wildman–Crippen LogP) is 2.21. The lowest BCUT2D eigenvalue weighted by molar-refractivity contribution is 0.274. The zero-order valence-corrected chi connectivity index (χ0v) is 11.6. The summed E-state index contributed by atoms with van der Waals surface area (Å²) in [5.74, 6) is 7.06. The number of hydrogen-bond donors (Lipinski definition) is 2. The zero-order valence-electron chi connectivity index (χ0n) is 10.8. The van der Waals surface area contributed by atoms with E-state index >= 15 is 0 Å². The number of nitrogens with one attached hydrogen (secondary N) is 1. The van der Waals surface area contributed by atoms with Crippen LogP contribution in [0.4, 0.5) is 5.82 Å². The van der Waals surface area contributed by atoms with Crippen molar-refractivity contribution in [3.8, 4) is 0 Å². The summed E-state index contributed by atoms with van der Waals surface area (Å²) in [5, 5.41) is 3.00. The molecule has 5 nitrogen and oxygen atoms in total. The Labute approximate surface area is 111 Å². The third kappa shape index (κ3) is 2.77. The molecule has 0 spiro atoms. The molecule has 0 atom stereocenters. The number of thiophene rings is 1. The Kier molecular flexibility index (Phi) is 4.46. The van der Waals surface area contributed by atoms with Gasteiger partial charge in [-0.3, -0.25) is 4.90 Å². The molecule has 0 saturated heterocycles. The largest absolute Gasteiger partial charge is 0.308 e. The van der Waals surface area contributed by atoms with E-state index in [9.17, 15) is 0 Å². The van der Waals surface area contributed by atoms with E-state index in [1.165, 1.54) is 0 Å². The first-order valence-corrected chi connectivity index (χ1v) is 7.09. The normalized spacial score (nSPS) is 11.3. The van der Waals surface area contributed by atoms with E-state index in [0.717, 1.165) is 42.1 Å². The van der Waals surface area contributed by atoms with Gasteiger partial charge in [-0.15, -0.1) is 11.3 Å². The molecular formula is C12H19N5S. The van der Waals surface area contributed by atoms with Gasteiger partial charge in [0.25, 0.3) is 0 Å². The van der Waals surface area contributed by atoms with Crippen molar-refractivity contribution in [1.29, 1.82) is 0 Å². The highest BCUT2D eigenvalue weighted by Crippen LogP contribution is 2.24. The van der Waals surface area contributed by atoms with Gasteiger partial charge >= 0.3 is 0 Å². The molecule has 6 heteroatoms. The first-order valence-electron chi connectivity index (χ1n) is 6.21. The summed E-state index contributed by atoms with van der Waals surface area (Å²) >= 11 is 1.61. The van der Waals surface area contributed by atoms with Crippen LogP contribution in [-0.2, 0) is 6.54 Å². The lowest BCUT2D eigenvalue weighted by Gasteiger charge is -2.18. The topological polar surface area (TPSA) is 67.1 Å². The van der Waals surface area contributed by atoms with Crippen molar-refractivity contribution in [2.75, 3.05) is 18.5 Å². The molecule has 0 aliphatic rings. The Hall–Kier alpha value is -1.24. The van der Waals surface area contributed by atoms with E-state index in [-0.39, 0.29) is 0 Å². The second kappa shape index (κ2) is 6.08. The molecule has 3 N–H and O–H groups in total. The van der Waals surface area contributed by atoms with E-state index in [1.54, 1.807) is 11.3 Å². The van der Waals surface area contributed by atoms with Gasteiger partial charge in [-0.1, -0.05) is 13.8 Å². The maximum absolute atomic E-state index is 5.52. The molecule has 0 saturated carbocycles. The molecule has 2 aromatic heterocycles. The van der Waals surface area contributed by atoms with Gasteiger partial charge in [-0.05, 0) is 31.0 Å². The fourth-order valence-corrected chi connectivity index (χ4v) is 2.73. The van der Waals surface area contributed by atoms with Crippen LogP contribution in [0.15, 0.2) is 11.4 Å². The van der Waals surface area contributed by atoms with Gasteiger partial charge in [0, 0.05) is 0 Å². The molecule has 0 aliphatic carbocycles. The van der Waals surface area contributed by atoms with Crippen LogP contribution in [0.2, 0.25) is 0 Å². The molecule has 2 heterocycles. The Morgan fingerprint density at radius 3 is 2.89 bits per heavy atom. The molecule has 0 unspecified atom stereocenters. The number of nitrogens with zero attached hydrogens (tertiary/aromatic N) is 3. The van der Waals surface area contributed by atoms with Crippen LogP contribution in [0.1, 0.15) is 26.1 Å². The van der Waals surface area contributed by atoms with Crippen LogP contribution in [0.3, 0.4) is 0 Å². The zero-order chi connectivity index (χ0) is 13.0. The van der Waals surface area contributed by atoms with E-state index in [4.69, 9.17) is 5.84 Å². The summed E-state index contributed by atoms with van der Waals surface area (Å²) in [7, 11) is 0. The van der Waals surface area contributed by atoms with Crippen molar-refractivity contribution in [2.45, 2.75) is 26.8 Å². The third-order valence-corrected chi connectivity index (χ3v) is 3.67. The van der Waals surface area contributed by atoms with Gasteiger partial charge in [-0.25, -0.2) is 15.8 Å². The number of nitrogen functional groups attached to an aromatic ring is 1. The summed E-state index contributed by atoms with van der Waals surface area (Å²) < 4.78 is 0. The van der Waals surface area contributed by atoms with E-state index in [2.05, 4.69) is 34.1 Å². The highest BCUT2D eigenvalue weighted by molar-refractivity contribution is 7.16.